The maximum Gasteiger partial charge on any atom is 0.279 e. The van der Waals surface area contributed by atoms with Crippen LogP contribution in [-0.2, 0) is 4.79 Å². The summed E-state index contributed by atoms with van der Waals surface area (Å²) in [7, 11) is 1.49. The van der Waals surface area contributed by atoms with Crippen LogP contribution in [0.15, 0.2) is 47.3 Å². The Bertz CT molecular complexity index is 1240. The van der Waals surface area contributed by atoms with Gasteiger partial charge in [0.1, 0.15) is 5.75 Å². The molecule has 0 aliphatic heterocycles. The second-order valence-corrected chi connectivity index (χ2v) is 7.90. The number of rotatable bonds is 10. The van der Waals surface area contributed by atoms with Crippen molar-refractivity contribution in [3.05, 3.63) is 63.5 Å². The lowest BCUT2D eigenvalue weighted by Gasteiger charge is -2.18. The number of amides is 2. The molecule has 2 aromatic carbocycles. The molecule has 2 N–H and O–H groups in total. The molecule has 1 aromatic heterocycles. The lowest BCUT2D eigenvalue weighted by atomic mass is 10.1. The Kier molecular flexibility index (Phi) is 8.61. The molecule has 1 heterocycles. The summed E-state index contributed by atoms with van der Waals surface area (Å²) in [6, 6.07) is 11.5. The lowest BCUT2D eigenvalue weighted by Crippen LogP contribution is -2.41. The first-order valence-corrected chi connectivity index (χ1v) is 11.4. The SMILES string of the molecule is CCN(CC)CCNC(=O)CNC(=O)c1nn(-c2ccc(OC)c(Cl)c2)c(=O)c2ccccc12. The van der Waals surface area contributed by atoms with Gasteiger partial charge in [0.15, 0.2) is 5.69 Å². The minimum atomic E-state index is -0.566. The van der Waals surface area contributed by atoms with E-state index in [2.05, 4.69) is 34.5 Å². The van der Waals surface area contributed by atoms with Gasteiger partial charge in [-0.3, -0.25) is 14.4 Å². The molecule has 3 aromatic rings. The highest BCUT2D eigenvalue weighted by atomic mass is 35.5. The van der Waals surface area contributed by atoms with E-state index >= 15 is 0 Å². The Hall–Kier alpha value is -3.43. The van der Waals surface area contributed by atoms with Crippen molar-refractivity contribution in [1.29, 1.82) is 0 Å². The Labute approximate surface area is 202 Å². The molecule has 0 bridgehead atoms. The Morgan fingerprint density at radius 3 is 2.44 bits per heavy atom. The molecule has 180 valence electrons. The molecular formula is C24H28ClN5O4. The van der Waals surface area contributed by atoms with Crippen LogP contribution in [0.3, 0.4) is 0 Å². The van der Waals surface area contributed by atoms with E-state index in [0.29, 0.717) is 33.8 Å². The van der Waals surface area contributed by atoms with Crippen molar-refractivity contribution in [1.82, 2.24) is 25.3 Å². The van der Waals surface area contributed by atoms with E-state index in [9.17, 15) is 14.4 Å². The molecule has 2 amide bonds. The average Bonchev–Trinajstić information content (AvgIpc) is 2.85. The van der Waals surface area contributed by atoms with Gasteiger partial charge >= 0.3 is 0 Å². The van der Waals surface area contributed by atoms with E-state index in [1.807, 2.05) is 0 Å². The number of nitrogens with zero attached hydrogens (tertiary/aromatic N) is 3. The molecule has 10 heteroatoms. The first-order chi connectivity index (χ1) is 16.4. The summed E-state index contributed by atoms with van der Waals surface area (Å²) >= 11 is 6.22. The van der Waals surface area contributed by atoms with Crippen molar-refractivity contribution >= 4 is 34.2 Å². The highest BCUT2D eigenvalue weighted by Crippen LogP contribution is 2.26. The third-order valence-corrected chi connectivity index (χ3v) is 5.75. The van der Waals surface area contributed by atoms with Crippen LogP contribution in [0.1, 0.15) is 24.3 Å². The number of nitrogens with one attached hydrogen (secondary N) is 2. The van der Waals surface area contributed by atoms with Crippen LogP contribution < -0.4 is 20.9 Å². The number of carbonyl (C=O) groups is 2. The predicted molar refractivity (Wildman–Crippen MR) is 132 cm³/mol. The number of methoxy groups -OCH3 is 1. The molecule has 0 atom stereocenters. The van der Waals surface area contributed by atoms with E-state index in [0.717, 1.165) is 24.3 Å². The number of fused-ring (bicyclic) bond motifs is 1. The molecule has 9 nitrogen and oxygen atoms in total. The largest absolute Gasteiger partial charge is 0.495 e. The minimum absolute atomic E-state index is 0.0260. The molecule has 0 saturated carbocycles. The highest BCUT2D eigenvalue weighted by molar-refractivity contribution is 6.32. The summed E-state index contributed by atoms with van der Waals surface area (Å²) in [5, 5.41) is 10.7. The van der Waals surface area contributed by atoms with E-state index in [1.165, 1.54) is 13.2 Å². The Morgan fingerprint density at radius 2 is 1.79 bits per heavy atom. The molecular weight excluding hydrogens is 458 g/mol. The van der Waals surface area contributed by atoms with Crippen molar-refractivity contribution in [2.75, 3.05) is 39.8 Å². The number of halogens is 1. The van der Waals surface area contributed by atoms with Crippen LogP contribution in [-0.4, -0.2) is 66.3 Å². The van der Waals surface area contributed by atoms with Crippen LogP contribution in [0.5, 0.6) is 5.75 Å². The molecule has 0 aliphatic carbocycles. The number of ether oxygens (including phenoxy) is 1. The van der Waals surface area contributed by atoms with Gasteiger partial charge in [-0.05, 0) is 37.4 Å². The average molecular weight is 486 g/mol. The summed E-state index contributed by atoms with van der Waals surface area (Å²) in [6.07, 6.45) is 0. The quantitative estimate of drug-likeness (QED) is 0.456. The number of hydrogen-bond acceptors (Lipinski definition) is 6. The molecule has 0 aliphatic rings. The zero-order chi connectivity index (χ0) is 24.7. The predicted octanol–water partition coefficient (Wildman–Crippen LogP) is 2.24. The van der Waals surface area contributed by atoms with Gasteiger partial charge in [-0.1, -0.05) is 43.6 Å². The van der Waals surface area contributed by atoms with Crippen LogP contribution in [0, 0.1) is 0 Å². The fourth-order valence-electron chi connectivity index (χ4n) is 3.52. The Morgan fingerprint density at radius 1 is 1.09 bits per heavy atom. The lowest BCUT2D eigenvalue weighted by molar-refractivity contribution is -0.120. The van der Waals surface area contributed by atoms with Crippen molar-refractivity contribution in [3.63, 3.8) is 0 Å². The van der Waals surface area contributed by atoms with Gasteiger partial charge in [0.25, 0.3) is 11.5 Å². The highest BCUT2D eigenvalue weighted by Gasteiger charge is 2.18. The zero-order valence-electron chi connectivity index (χ0n) is 19.4. The Balaban J connectivity index is 1.84. The molecule has 0 saturated heterocycles. The second-order valence-electron chi connectivity index (χ2n) is 7.49. The standard InChI is InChI=1S/C24H28ClN5O4/c1-4-29(5-2)13-12-26-21(31)15-27-23(32)22-17-8-6-7-9-18(17)24(33)30(28-22)16-10-11-20(34-3)19(25)14-16/h6-11,14H,4-5,12-13,15H2,1-3H3,(H,26,31)(H,27,32). The van der Waals surface area contributed by atoms with Gasteiger partial charge in [0.05, 0.1) is 29.8 Å². The van der Waals surface area contributed by atoms with Gasteiger partial charge < -0.3 is 20.3 Å². The van der Waals surface area contributed by atoms with E-state index in [-0.39, 0.29) is 18.1 Å². The van der Waals surface area contributed by atoms with Crippen molar-refractivity contribution in [2.24, 2.45) is 0 Å². The first-order valence-electron chi connectivity index (χ1n) is 11.0. The molecule has 0 fully saturated rings. The maximum atomic E-state index is 13.1. The van der Waals surface area contributed by atoms with Crippen LogP contribution >= 0.6 is 11.6 Å². The number of likely N-dealkylation sites (N-methyl/N-ethyl adjacent to an activating group) is 1. The molecule has 0 spiro atoms. The minimum Gasteiger partial charge on any atom is -0.495 e. The van der Waals surface area contributed by atoms with Gasteiger partial charge in [-0.15, -0.1) is 0 Å². The molecule has 3 rings (SSSR count). The number of aromatic nitrogens is 2. The van der Waals surface area contributed by atoms with Crippen molar-refractivity contribution in [3.8, 4) is 11.4 Å². The fourth-order valence-corrected chi connectivity index (χ4v) is 3.77. The summed E-state index contributed by atoms with van der Waals surface area (Å²) in [5.74, 6) is -0.423. The monoisotopic (exact) mass is 485 g/mol. The van der Waals surface area contributed by atoms with Crippen LogP contribution in [0.25, 0.3) is 16.5 Å². The second kappa shape index (κ2) is 11.6. The normalized spacial score (nSPS) is 11.0. The smallest absolute Gasteiger partial charge is 0.279 e. The van der Waals surface area contributed by atoms with Crippen LogP contribution in [0.2, 0.25) is 5.02 Å². The topological polar surface area (TPSA) is 106 Å². The van der Waals surface area contributed by atoms with Crippen molar-refractivity contribution in [2.45, 2.75) is 13.8 Å². The fraction of sp³-hybridized carbons (Fsp3) is 0.333. The third kappa shape index (κ3) is 5.73. The van der Waals surface area contributed by atoms with E-state index in [4.69, 9.17) is 16.3 Å². The molecule has 0 unspecified atom stereocenters. The van der Waals surface area contributed by atoms with Crippen molar-refractivity contribution < 1.29 is 14.3 Å². The number of benzene rings is 2. The summed E-state index contributed by atoms with van der Waals surface area (Å²) in [5.41, 5.74) is 0.00496. The zero-order valence-corrected chi connectivity index (χ0v) is 20.2. The summed E-state index contributed by atoms with van der Waals surface area (Å²) < 4.78 is 6.28. The van der Waals surface area contributed by atoms with E-state index in [1.54, 1.807) is 36.4 Å². The summed E-state index contributed by atoms with van der Waals surface area (Å²) in [4.78, 5) is 40.4. The van der Waals surface area contributed by atoms with Crippen LogP contribution in [0.4, 0.5) is 0 Å². The number of carbonyl (C=O) groups excluding carboxylic acids is 2. The van der Waals surface area contributed by atoms with Gasteiger partial charge in [0, 0.05) is 18.5 Å². The van der Waals surface area contributed by atoms with Gasteiger partial charge in [-0.25, -0.2) is 0 Å². The summed E-state index contributed by atoms with van der Waals surface area (Å²) in [6.45, 7) is 6.92. The molecule has 0 radical (unpaired) electrons. The van der Waals surface area contributed by atoms with Gasteiger partial charge in [0.2, 0.25) is 5.91 Å². The maximum absolute atomic E-state index is 13.1. The first kappa shape index (κ1) is 25.2. The molecule has 34 heavy (non-hydrogen) atoms. The van der Waals surface area contributed by atoms with E-state index < -0.39 is 11.5 Å². The van der Waals surface area contributed by atoms with Gasteiger partial charge in [-0.2, -0.15) is 9.78 Å². The third-order valence-electron chi connectivity index (χ3n) is 5.45. The number of hydrogen-bond donors (Lipinski definition) is 2.